The van der Waals surface area contributed by atoms with Crippen LogP contribution < -0.4 is 0 Å². The topological polar surface area (TPSA) is 17.1 Å². The van der Waals surface area contributed by atoms with E-state index < -0.39 is 5.82 Å². The normalized spacial score (nSPS) is 10.0. The van der Waals surface area contributed by atoms with Crippen LogP contribution >= 0.6 is 15.9 Å². The second-order valence-electron chi connectivity index (χ2n) is 3.26. The molecule has 1 aromatic carbocycles. The summed E-state index contributed by atoms with van der Waals surface area (Å²) in [4.78, 5) is 11.6. The Kier molecular flexibility index (Phi) is 4.69. The third-order valence-corrected chi connectivity index (χ3v) is 2.45. The van der Waals surface area contributed by atoms with E-state index in [0.29, 0.717) is 16.5 Å². The summed E-state index contributed by atoms with van der Waals surface area (Å²) in [5.41, 5.74) is 0.422. The first-order valence-corrected chi connectivity index (χ1v) is 5.53. The Morgan fingerprint density at radius 2 is 2.20 bits per heavy atom. The molecule has 1 nitrogen and oxygen atoms in total. The van der Waals surface area contributed by atoms with E-state index >= 15 is 0 Å². The van der Waals surface area contributed by atoms with Crippen LogP contribution in [0.5, 0.6) is 0 Å². The van der Waals surface area contributed by atoms with Crippen molar-refractivity contribution in [2.24, 2.45) is 0 Å². The van der Waals surface area contributed by atoms with Crippen molar-refractivity contribution in [1.82, 2.24) is 0 Å². The van der Waals surface area contributed by atoms with Gasteiger partial charge < -0.3 is 0 Å². The van der Waals surface area contributed by atoms with E-state index in [9.17, 15) is 9.18 Å². The summed E-state index contributed by atoms with van der Waals surface area (Å²) < 4.78 is 13.6. The van der Waals surface area contributed by atoms with Crippen LogP contribution in [-0.2, 0) is 0 Å². The van der Waals surface area contributed by atoms with Crippen molar-refractivity contribution in [3.8, 4) is 0 Å². The highest BCUT2D eigenvalue weighted by molar-refractivity contribution is 9.10. The Hall–Kier alpha value is -0.960. The Bertz CT molecular complexity index is 354. The van der Waals surface area contributed by atoms with E-state index in [0.717, 1.165) is 12.8 Å². The van der Waals surface area contributed by atoms with Crippen molar-refractivity contribution < 1.29 is 9.18 Å². The second-order valence-corrected chi connectivity index (χ2v) is 4.18. The van der Waals surface area contributed by atoms with E-state index in [4.69, 9.17) is 0 Å². The van der Waals surface area contributed by atoms with E-state index in [1.807, 2.05) is 0 Å². The van der Waals surface area contributed by atoms with Gasteiger partial charge in [0, 0.05) is 16.5 Å². The molecule has 3 heteroatoms. The minimum atomic E-state index is -0.392. The molecule has 0 bridgehead atoms. The molecule has 0 aromatic heterocycles. The maximum Gasteiger partial charge on any atom is 0.163 e. The van der Waals surface area contributed by atoms with Gasteiger partial charge in [0.15, 0.2) is 5.78 Å². The summed E-state index contributed by atoms with van der Waals surface area (Å²) in [5.74, 6) is -0.423. The predicted octanol–water partition coefficient (Wildman–Crippen LogP) is 4.13. The molecular weight excluding hydrogens is 259 g/mol. The molecule has 0 aliphatic rings. The number of ketones is 1. The van der Waals surface area contributed by atoms with Gasteiger partial charge >= 0.3 is 0 Å². The lowest BCUT2D eigenvalue weighted by atomic mass is 10.1. The van der Waals surface area contributed by atoms with Gasteiger partial charge in [0.2, 0.25) is 0 Å². The van der Waals surface area contributed by atoms with Crippen LogP contribution in [0.2, 0.25) is 0 Å². The van der Waals surface area contributed by atoms with Gasteiger partial charge in [0.1, 0.15) is 5.82 Å². The fourth-order valence-corrected chi connectivity index (χ4v) is 1.73. The highest BCUT2D eigenvalue weighted by Crippen LogP contribution is 2.16. The summed E-state index contributed by atoms with van der Waals surface area (Å²) >= 11 is 3.15. The zero-order valence-electron chi connectivity index (χ0n) is 8.30. The van der Waals surface area contributed by atoms with Gasteiger partial charge in [0.25, 0.3) is 0 Å². The minimum Gasteiger partial charge on any atom is -0.294 e. The van der Waals surface area contributed by atoms with Crippen LogP contribution in [0.1, 0.15) is 29.6 Å². The summed E-state index contributed by atoms with van der Waals surface area (Å²) in [7, 11) is 0. The maximum atomic E-state index is 13.0. The fourth-order valence-electron chi connectivity index (χ4n) is 1.27. The number of carbonyl (C=O) groups is 1. The molecule has 0 heterocycles. The zero-order chi connectivity index (χ0) is 11.3. The number of carbonyl (C=O) groups excluding carboxylic acids is 1. The zero-order valence-corrected chi connectivity index (χ0v) is 9.89. The molecule has 1 aromatic rings. The first-order chi connectivity index (χ1) is 7.13. The predicted molar refractivity (Wildman–Crippen MR) is 62.5 cm³/mol. The Labute approximate surface area is 97.1 Å². The van der Waals surface area contributed by atoms with Gasteiger partial charge in [0.05, 0.1) is 0 Å². The highest BCUT2D eigenvalue weighted by atomic mass is 79.9. The SMILES string of the molecule is C=CCCCC(=O)c1cc(F)cc(Br)c1. The molecule has 0 saturated heterocycles. The molecule has 1 rings (SSSR count). The van der Waals surface area contributed by atoms with Crippen molar-refractivity contribution in [3.63, 3.8) is 0 Å². The average Bonchev–Trinajstić information content (AvgIpc) is 2.16. The molecule has 0 spiro atoms. The number of halogens is 2. The molecule has 0 N–H and O–H groups in total. The van der Waals surface area contributed by atoms with Gasteiger partial charge in [-0.25, -0.2) is 4.39 Å². The first-order valence-electron chi connectivity index (χ1n) is 4.73. The Morgan fingerprint density at radius 1 is 1.47 bits per heavy atom. The number of rotatable bonds is 5. The van der Waals surface area contributed by atoms with Crippen molar-refractivity contribution >= 4 is 21.7 Å². The number of hydrogen-bond donors (Lipinski definition) is 0. The molecular formula is C12H12BrFO. The molecule has 0 amide bonds. The molecule has 0 radical (unpaired) electrons. The van der Waals surface area contributed by atoms with Gasteiger partial charge in [-0.2, -0.15) is 0 Å². The monoisotopic (exact) mass is 270 g/mol. The van der Waals surface area contributed by atoms with Gasteiger partial charge in [-0.1, -0.05) is 22.0 Å². The summed E-state index contributed by atoms with van der Waals surface area (Å²) in [6, 6.07) is 4.24. The first kappa shape index (κ1) is 12.1. The second kappa shape index (κ2) is 5.81. The average molecular weight is 271 g/mol. The third-order valence-electron chi connectivity index (χ3n) is 2.00. The fraction of sp³-hybridized carbons (Fsp3) is 0.250. The number of allylic oxidation sites excluding steroid dienone is 1. The smallest absolute Gasteiger partial charge is 0.163 e. The Balaban J connectivity index is 2.69. The van der Waals surface area contributed by atoms with E-state index in [1.54, 1.807) is 12.1 Å². The molecule has 0 aliphatic carbocycles. The number of hydrogen-bond acceptors (Lipinski definition) is 1. The number of benzene rings is 1. The molecule has 15 heavy (non-hydrogen) atoms. The van der Waals surface area contributed by atoms with Gasteiger partial charge in [-0.05, 0) is 31.0 Å². The van der Waals surface area contributed by atoms with Crippen molar-refractivity contribution in [2.75, 3.05) is 0 Å². The lowest BCUT2D eigenvalue weighted by molar-refractivity contribution is 0.0980. The summed E-state index contributed by atoms with van der Waals surface area (Å²) in [5, 5.41) is 0. The lowest BCUT2D eigenvalue weighted by Crippen LogP contribution is -1.99. The van der Waals surface area contributed by atoms with E-state index in [-0.39, 0.29) is 5.78 Å². The quantitative estimate of drug-likeness (QED) is 0.447. The maximum absolute atomic E-state index is 13.0. The number of unbranched alkanes of at least 4 members (excludes halogenated alkanes) is 1. The summed E-state index contributed by atoms with van der Waals surface area (Å²) in [6.45, 7) is 3.58. The van der Waals surface area contributed by atoms with E-state index in [2.05, 4.69) is 22.5 Å². The number of Topliss-reactive ketones (excluding diaryl/α,β-unsaturated/α-hetero) is 1. The molecule has 0 fully saturated rings. The van der Waals surface area contributed by atoms with Crippen molar-refractivity contribution in [1.29, 1.82) is 0 Å². The highest BCUT2D eigenvalue weighted by Gasteiger charge is 2.07. The van der Waals surface area contributed by atoms with Crippen LogP contribution in [0, 0.1) is 5.82 Å². The van der Waals surface area contributed by atoms with E-state index in [1.165, 1.54) is 12.1 Å². The Morgan fingerprint density at radius 3 is 2.80 bits per heavy atom. The van der Waals surface area contributed by atoms with Crippen LogP contribution in [-0.4, -0.2) is 5.78 Å². The van der Waals surface area contributed by atoms with Crippen molar-refractivity contribution in [2.45, 2.75) is 19.3 Å². The van der Waals surface area contributed by atoms with Crippen molar-refractivity contribution in [3.05, 3.63) is 46.7 Å². The molecule has 0 saturated carbocycles. The largest absolute Gasteiger partial charge is 0.294 e. The van der Waals surface area contributed by atoms with Crippen LogP contribution in [0.4, 0.5) is 4.39 Å². The van der Waals surface area contributed by atoms with Crippen LogP contribution in [0.25, 0.3) is 0 Å². The third kappa shape index (κ3) is 3.96. The van der Waals surface area contributed by atoms with Crippen LogP contribution in [0.15, 0.2) is 35.3 Å². The van der Waals surface area contributed by atoms with Gasteiger partial charge in [-0.15, -0.1) is 6.58 Å². The molecule has 0 unspecified atom stereocenters. The van der Waals surface area contributed by atoms with Crippen LogP contribution in [0.3, 0.4) is 0 Å². The molecule has 0 aliphatic heterocycles. The standard InChI is InChI=1S/C12H12BrFO/c1-2-3-4-5-12(15)9-6-10(13)8-11(14)7-9/h2,6-8H,1,3-5H2. The van der Waals surface area contributed by atoms with Gasteiger partial charge in [-0.3, -0.25) is 4.79 Å². The molecule has 0 atom stereocenters. The molecule has 80 valence electrons. The summed E-state index contributed by atoms with van der Waals surface area (Å²) in [6.07, 6.45) is 3.77. The lowest BCUT2D eigenvalue weighted by Gasteiger charge is -2.01. The minimum absolute atomic E-state index is 0.0305.